The molecular weight excluding hydrogens is 419 g/mol. The molecule has 0 aliphatic rings. The van der Waals surface area contributed by atoms with Crippen molar-refractivity contribution in [3.63, 3.8) is 0 Å². The summed E-state index contributed by atoms with van der Waals surface area (Å²) in [7, 11) is 0. The number of benzene rings is 1. The SMILES string of the molecule is CCc1c(-c2nnc(SCC(=O)Nc3ccc(F)c(Cl)c3)n2CC)csc1C. The van der Waals surface area contributed by atoms with Crippen LogP contribution in [0.1, 0.15) is 24.3 Å². The molecule has 5 nitrogen and oxygen atoms in total. The molecule has 0 fully saturated rings. The Bertz CT molecular complexity index is 1000. The van der Waals surface area contributed by atoms with Gasteiger partial charge < -0.3 is 9.88 Å². The Labute approximate surface area is 176 Å². The van der Waals surface area contributed by atoms with Gasteiger partial charge in [0.25, 0.3) is 0 Å². The van der Waals surface area contributed by atoms with Gasteiger partial charge in [0.15, 0.2) is 11.0 Å². The molecule has 0 aliphatic heterocycles. The van der Waals surface area contributed by atoms with Crippen LogP contribution in [0.2, 0.25) is 5.02 Å². The number of anilines is 1. The van der Waals surface area contributed by atoms with Gasteiger partial charge in [-0.15, -0.1) is 21.5 Å². The van der Waals surface area contributed by atoms with E-state index in [1.54, 1.807) is 11.3 Å². The second-order valence-corrected chi connectivity index (χ2v) is 8.49. The Balaban J connectivity index is 1.71. The summed E-state index contributed by atoms with van der Waals surface area (Å²) < 4.78 is 15.2. The lowest BCUT2D eigenvalue weighted by Crippen LogP contribution is -2.14. The molecule has 3 aromatic rings. The highest BCUT2D eigenvalue weighted by Crippen LogP contribution is 2.32. The van der Waals surface area contributed by atoms with Crippen molar-refractivity contribution in [3.8, 4) is 11.4 Å². The largest absolute Gasteiger partial charge is 0.325 e. The standard InChI is InChI=1S/C19H20ClFN4OS2/c1-4-13-11(3)27-9-14(13)18-23-24-19(25(18)5-2)28-10-17(26)22-12-6-7-16(21)15(20)8-12/h6-9H,4-5,10H2,1-3H3,(H,22,26). The van der Waals surface area contributed by atoms with Gasteiger partial charge in [0.05, 0.1) is 10.8 Å². The lowest BCUT2D eigenvalue weighted by Gasteiger charge is -2.09. The highest BCUT2D eigenvalue weighted by molar-refractivity contribution is 7.99. The van der Waals surface area contributed by atoms with Gasteiger partial charge in [0.1, 0.15) is 5.82 Å². The zero-order valence-electron chi connectivity index (χ0n) is 15.8. The number of aryl methyl sites for hydroxylation is 1. The molecule has 2 aromatic heterocycles. The molecule has 148 valence electrons. The maximum absolute atomic E-state index is 13.2. The lowest BCUT2D eigenvalue weighted by molar-refractivity contribution is -0.113. The zero-order chi connectivity index (χ0) is 20.3. The van der Waals surface area contributed by atoms with E-state index in [2.05, 4.69) is 34.7 Å². The Hall–Kier alpha value is -1.90. The Morgan fingerprint density at radius 2 is 2.14 bits per heavy atom. The van der Waals surface area contributed by atoms with E-state index in [1.807, 2.05) is 11.5 Å². The predicted octanol–water partition coefficient (Wildman–Crippen LogP) is 5.42. The van der Waals surface area contributed by atoms with Crippen LogP contribution in [-0.2, 0) is 17.8 Å². The van der Waals surface area contributed by atoms with Crippen molar-refractivity contribution in [3.05, 3.63) is 44.9 Å². The second-order valence-electron chi connectivity index (χ2n) is 6.05. The lowest BCUT2D eigenvalue weighted by atomic mass is 10.1. The van der Waals surface area contributed by atoms with Crippen molar-refractivity contribution >= 4 is 46.3 Å². The molecule has 1 amide bonds. The smallest absolute Gasteiger partial charge is 0.234 e. The van der Waals surface area contributed by atoms with Gasteiger partial charge in [-0.2, -0.15) is 0 Å². The number of carbonyl (C=O) groups is 1. The van der Waals surface area contributed by atoms with Gasteiger partial charge in [0, 0.05) is 28.1 Å². The number of hydrogen-bond acceptors (Lipinski definition) is 5. The third-order valence-electron chi connectivity index (χ3n) is 4.27. The summed E-state index contributed by atoms with van der Waals surface area (Å²) in [5.41, 5.74) is 2.85. The zero-order valence-corrected chi connectivity index (χ0v) is 18.1. The fourth-order valence-electron chi connectivity index (χ4n) is 2.89. The van der Waals surface area contributed by atoms with Crippen LogP contribution in [-0.4, -0.2) is 26.4 Å². The fourth-order valence-corrected chi connectivity index (χ4v) is 4.81. The molecule has 1 N–H and O–H groups in total. The van der Waals surface area contributed by atoms with Crippen LogP contribution >= 0.6 is 34.7 Å². The van der Waals surface area contributed by atoms with Crippen LogP contribution in [0.5, 0.6) is 0 Å². The molecule has 0 aliphatic carbocycles. The molecule has 28 heavy (non-hydrogen) atoms. The first kappa shape index (κ1) is 20.8. The molecular formula is C19H20ClFN4OS2. The molecule has 0 atom stereocenters. The molecule has 0 saturated carbocycles. The topological polar surface area (TPSA) is 59.8 Å². The van der Waals surface area contributed by atoms with Crippen molar-refractivity contribution in [1.82, 2.24) is 14.8 Å². The van der Waals surface area contributed by atoms with Crippen molar-refractivity contribution in [2.45, 2.75) is 38.9 Å². The van der Waals surface area contributed by atoms with E-state index in [0.29, 0.717) is 17.4 Å². The summed E-state index contributed by atoms with van der Waals surface area (Å²) in [5.74, 6) is 0.251. The maximum atomic E-state index is 13.2. The van der Waals surface area contributed by atoms with Gasteiger partial charge in [-0.05, 0) is 44.0 Å². The quantitative estimate of drug-likeness (QED) is 0.500. The number of aromatic nitrogens is 3. The summed E-state index contributed by atoms with van der Waals surface area (Å²) in [6.45, 7) is 6.98. The van der Waals surface area contributed by atoms with E-state index in [4.69, 9.17) is 11.6 Å². The molecule has 9 heteroatoms. The van der Waals surface area contributed by atoms with Gasteiger partial charge in [-0.3, -0.25) is 4.79 Å². The second kappa shape index (κ2) is 9.07. The first-order chi connectivity index (χ1) is 13.4. The monoisotopic (exact) mass is 438 g/mol. The van der Waals surface area contributed by atoms with E-state index >= 15 is 0 Å². The highest BCUT2D eigenvalue weighted by Gasteiger charge is 2.18. The summed E-state index contributed by atoms with van der Waals surface area (Å²) in [6, 6.07) is 4.08. The number of amides is 1. The minimum Gasteiger partial charge on any atom is -0.325 e. The molecule has 3 rings (SSSR count). The Morgan fingerprint density at radius 1 is 1.36 bits per heavy atom. The van der Waals surface area contributed by atoms with Crippen molar-refractivity contribution in [1.29, 1.82) is 0 Å². The number of rotatable bonds is 7. The number of nitrogens with one attached hydrogen (secondary N) is 1. The maximum Gasteiger partial charge on any atom is 0.234 e. The fraction of sp³-hybridized carbons (Fsp3) is 0.316. The van der Waals surface area contributed by atoms with Gasteiger partial charge in [-0.25, -0.2) is 4.39 Å². The van der Waals surface area contributed by atoms with Gasteiger partial charge in [-0.1, -0.05) is 30.3 Å². The molecule has 1 aromatic carbocycles. The number of halogens is 2. The normalized spacial score (nSPS) is 11.0. The van der Waals surface area contributed by atoms with Crippen LogP contribution in [0.4, 0.5) is 10.1 Å². The third-order valence-corrected chi connectivity index (χ3v) is 6.48. The average Bonchev–Trinajstić information content (AvgIpc) is 3.25. The van der Waals surface area contributed by atoms with Crippen molar-refractivity contribution in [2.24, 2.45) is 0 Å². The Kier molecular flexibility index (Phi) is 6.74. The number of hydrogen-bond donors (Lipinski definition) is 1. The van der Waals surface area contributed by atoms with E-state index in [0.717, 1.165) is 17.8 Å². The van der Waals surface area contributed by atoms with Crippen LogP contribution in [0.15, 0.2) is 28.7 Å². The molecule has 2 heterocycles. The van der Waals surface area contributed by atoms with Crippen molar-refractivity contribution in [2.75, 3.05) is 11.1 Å². The van der Waals surface area contributed by atoms with Crippen LogP contribution in [0.25, 0.3) is 11.4 Å². The number of thioether (sulfide) groups is 1. The van der Waals surface area contributed by atoms with E-state index in [-0.39, 0.29) is 16.7 Å². The Morgan fingerprint density at radius 3 is 2.82 bits per heavy atom. The average molecular weight is 439 g/mol. The highest BCUT2D eigenvalue weighted by atomic mass is 35.5. The van der Waals surface area contributed by atoms with E-state index in [1.165, 1.54) is 40.4 Å². The number of thiophene rings is 1. The summed E-state index contributed by atoms with van der Waals surface area (Å²) in [5, 5.41) is 14.1. The first-order valence-electron chi connectivity index (χ1n) is 8.82. The van der Waals surface area contributed by atoms with E-state index in [9.17, 15) is 9.18 Å². The van der Waals surface area contributed by atoms with Crippen LogP contribution < -0.4 is 5.32 Å². The van der Waals surface area contributed by atoms with Crippen molar-refractivity contribution < 1.29 is 9.18 Å². The summed E-state index contributed by atoms with van der Waals surface area (Å²) >= 11 is 8.77. The summed E-state index contributed by atoms with van der Waals surface area (Å²) in [6.07, 6.45) is 0.937. The minimum absolute atomic E-state index is 0.0291. The van der Waals surface area contributed by atoms with Crippen LogP contribution in [0, 0.1) is 12.7 Å². The molecule has 0 spiro atoms. The van der Waals surface area contributed by atoms with Crippen LogP contribution in [0.3, 0.4) is 0 Å². The summed E-state index contributed by atoms with van der Waals surface area (Å²) in [4.78, 5) is 13.5. The molecule has 0 bridgehead atoms. The first-order valence-corrected chi connectivity index (χ1v) is 11.1. The number of carbonyl (C=O) groups excluding carboxylic acids is 1. The van der Waals surface area contributed by atoms with Gasteiger partial charge >= 0.3 is 0 Å². The van der Waals surface area contributed by atoms with Gasteiger partial charge in [0.2, 0.25) is 5.91 Å². The molecule has 0 unspecified atom stereocenters. The van der Waals surface area contributed by atoms with E-state index < -0.39 is 5.82 Å². The molecule has 0 saturated heterocycles. The molecule has 0 radical (unpaired) electrons. The minimum atomic E-state index is -0.521. The number of nitrogens with zero attached hydrogens (tertiary/aromatic N) is 3. The third kappa shape index (κ3) is 4.39. The predicted molar refractivity (Wildman–Crippen MR) is 114 cm³/mol.